The molecule has 2 nitrogen and oxygen atoms in total. The fraction of sp³-hybridized carbons (Fsp3) is 0.471. The zero-order chi connectivity index (χ0) is 13.9. The Kier molecular flexibility index (Phi) is 4.37. The van der Waals surface area contributed by atoms with Gasteiger partial charge in [-0.15, -0.1) is 0 Å². The number of nitrogens with zero attached hydrogens (tertiary/aromatic N) is 1. The number of nitrogens with one attached hydrogen (secondary N) is 1. The van der Waals surface area contributed by atoms with Gasteiger partial charge >= 0.3 is 0 Å². The summed E-state index contributed by atoms with van der Waals surface area (Å²) in [7, 11) is 0. The number of piperidine rings is 1. The largest absolute Gasteiger partial charge is 0.316 e. The predicted octanol–water partition coefficient (Wildman–Crippen LogP) is 4.49. The van der Waals surface area contributed by atoms with Crippen molar-refractivity contribution in [1.82, 2.24) is 10.3 Å². The van der Waals surface area contributed by atoms with Gasteiger partial charge in [0, 0.05) is 16.1 Å². The van der Waals surface area contributed by atoms with E-state index in [4.69, 9.17) is 0 Å². The molecule has 1 saturated heterocycles. The molecule has 0 aliphatic carbocycles. The first-order valence-electron chi connectivity index (χ1n) is 7.55. The Bertz CT molecular complexity index is 595. The molecule has 0 bridgehead atoms. The van der Waals surface area contributed by atoms with Gasteiger partial charge in [-0.2, -0.15) is 0 Å². The summed E-state index contributed by atoms with van der Waals surface area (Å²) < 4.78 is 1.14. The first-order valence-corrected chi connectivity index (χ1v) is 8.34. The highest BCUT2D eigenvalue weighted by molar-refractivity contribution is 9.10. The van der Waals surface area contributed by atoms with Crippen molar-refractivity contribution < 1.29 is 0 Å². The van der Waals surface area contributed by atoms with E-state index < -0.39 is 0 Å². The second kappa shape index (κ2) is 6.23. The van der Waals surface area contributed by atoms with Crippen LogP contribution in [0.1, 0.15) is 37.7 Å². The zero-order valence-electron chi connectivity index (χ0n) is 11.9. The van der Waals surface area contributed by atoms with E-state index in [9.17, 15) is 0 Å². The molecule has 1 aromatic carbocycles. The predicted molar refractivity (Wildman–Crippen MR) is 88.1 cm³/mol. The van der Waals surface area contributed by atoms with Crippen LogP contribution in [0.4, 0.5) is 0 Å². The Hall–Kier alpha value is -0.930. The summed E-state index contributed by atoms with van der Waals surface area (Å²) in [4.78, 5) is 4.66. The van der Waals surface area contributed by atoms with Crippen molar-refractivity contribution in [2.24, 2.45) is 5.92 Å². The van der Waals surface area contributed by atoms with Crippen LogP contribution in [0.25, 0.3) is 10.9 Å². The van der Waals surface area contributed by atoms with E-state index >= 15 is 0 Å². The molecule has 1 aromatic heterocycles. The van der Waals surface area contributed by atoms with Gasteiger partial charge in [-0.1, -0.05) is 41.4 Å². The summed E-state index contributed by atoms with van der Waals surface area (Å²) in [6, 6.07) is 8.64. The molecular weight excluding hydrogens is 312 g/mol. The lowest BCUT2D eigenvalue weighted by atomic mass is 9.78. The SMILES string of the molecule is CCCC1CNCCC1c1ccc(Br)c2cccnc12. The minimum absolute atomic E-state index is 0.640. The van der Waals surface area contributed by atoms with E-state index in [1.165, 1.54) is 35.7 Å². The standard InChI is InChI=1S/C17H21BrN2/c1-2-4-12-11-19-10-8-13(12)14-6-7-16(18)15-5-3-9-20-17(14)15/h3,5-7,9,12-13,19H,2,4,8,10-11H2,1H3. The van der Waals surface area contributed by atoms with Crippen molar-refractivity contribution in [3.8, 4) is 0 Å². The van der Waals surface area contributed by atoms with Gasteiger partial charge in [0.25, 0.3) is 0 Å². The van der Waals surface area contributed by atoms with Gasteiger partial charge in [-0.3, -0.25) is 4.98 Å². The Balaban J connectivity index is 2.06. The molecule has 0 spiro atoms. The number of aromatic nitrogens is 1. The fourth-order valence-electron chi connectivity index (χ4n) is 3.47. The van der Waals surface area contributed by atoms with Crippen LogP contribution in [-0.2, 0) is 0 Å². The van der Waals surface area contributed by atoms with Gasteiger partial charge in [0.2, 0.25) is 0 Å². The van der Waals surface area contributed by atoms with E-state index in [0.29, 0.717) is 5.92 Å². The van der Waals surface area contributed by atoms with Gasteiger partial charge < -0.3 is 5.32 Å². The number of hydrogen-bond acceptors (Lipinski definition) is 2. The maximum absolute atomic E-state index is 4.66. The number of hydrogen-bond donors (Lipinski definition) is 1. The van der Waals surface area contributed by atoms with Crippen LogP contribution in [0.15, 0.2) is 34.9 Å². The number of pyridine rings is 1. The Morgan fingerprint density at radius 3 is 3.10 bits per heavy atom. The smallest absolute Gasteiger partial charge is 0.0748 e. The molecule has 1 N–H and O–H groups in total. The maximum atomic E-state index is 4.66. The average molecular weight is 333 g/mol. The van der Waals surface area contributed by atoms with E-state index in [2.05, 4.69) is 51.4 Å². The topological polar surface area (TPSA) is 24.9 Å². The number of benzene rings is 1. The lowest BCUT2D eigenvalue weighted by molar-refractivity contribution is 0.308. The van der Waals surface area contributed by atoms with Crippen molar-refractivity contribution in [2.75, 3.05) is 13.1 Å². The second-order valence-electron chi connectivity index (χ2n) is 5.68. The van der Waals surface area contributed by atoms with Gasteiger partial charge in [0.05, 0.1) is 5.52 Å². The van der Waals surface area contributed by atoms with E-state index in [1.807, 2.05) is 12.3 Å². The van der Waals surface area contributed by atoms with Gasteiger partial charge in [0.1, 0.15) is 0 Å². The zero-order valence-corrected chi connectivity index (χ0v) is 13.5. The van der Waals surface area contributed by atoms with Gasteiger partial charge in [0.15, 0.2) is 0 Å². The summed E-state index contributed by atoms with van der Waals surface area (Å²) in [6.07, 6.45) is 5.68. The Labute approximate surface area is 129 Å². The molecule has 1 aliphatic rings. The molecule has 1 fully saturated rings. The van der Waals surface area contributed by atoms with E-state index in [-0.39, 0.29) is 0 Å². The molecule has 2 unspecified atom stereocenters. The van der Waals surface area contributed by atoms with Crippen molar-refractivity contribution >= 4 is 26.8 Å². The van der Waals surface area contributed by atoms with Crippen LogP contribution in [0.3, 0.4) is 0 Å². The molecule has 106 valence electrons. The monoisotopic (exact) mass is 332 g/mol. The van der Waals surface area contributed by atoms with Gasteiger partial charge in [-0.05, 0) is 55.5 Å². The summed E-state index contributed by atoms with van der Waals surface area (Å²) in [5, 5.41) is 4.78. The molecule has 0 saturated carbocycles. The van der Waals surface area contributed by atoms with E-state index in [1.54, 1.807) is 0 Å². The molecule has 0 radical (unpaired) electrons. The van der Waals surface area contributed by atoms with Gasteiger partial charge in [-0.25, -0.2) is 0 Å². The fourth-order valence-corrected chi connectivity index (χ4v) is 3.92. The number of fused-ring (bicyclic) bond motifs is 1. The molecule has 0 amide bonds. The minimum Gasteiger partial charge on any atom is -0.316 e. The molecule has 2 heterocycles. The van der Waals surface area contributed by atoms with Crippen LogP contribution in [-0.4, -0.2) is 18.1 Å². The highest BCUT2D eigenvalue weighted by atomic mass is 79.9. The summed E-state index contributed by atoms with van der Waals surface area (Å²) in [5.74, 6) is 1.38. The van der Waals surface area contributed by atoms with Crippen molar-refractivity contribution in [2.45, 2.75) is 32.1 Å². The highest BCUT2D eigenvalue weighted by Gasteiger charge is 2.27. The highest BCUT2D eigenvalue weighted by Crippen LogP contribution is 2.37. The van der Waals surface area contributed by atoms with Crippen LogP contribution in [0, 0.1) is 5.92 Å². The Morgan fingerprint density at radius 2 is 2.25 bits per heavy atom. The third kappa shape index (κ3) is 2.61. The summed E-state index contributed by atoms with van der Waals surface area (Å²) in [6.45, 7) is 4.54. The third-order valence-corrected chi connectivity index (χ3v) is 5.11. The molecule has 2 atom stereocenters. The van der Waals surface area contributed by atoms with Crippen LogP contribution in [0.2, 0.25) is 0 Å². The lowest BCUT2D eigenvalue weighted by Crippen LogP contribution is -2.35. The minimum atomic E-state index is 0.640. The summed E-state index contributed by atoms with van der Waals surface area (Å²) in [5.41, 5.74) is 2.61. The van der Waals surface area contributed by atoms with Crippen LogP contribution < -0.4 is 5.32 Å². The normalized spacial score (nSPS) is 23.1. The molecule has 1 aliphatic heterocycles. The average Bonchev–Trinajstić information content (AvgIpc) is 2.49. The molecule has 2 aromatic rings. The number of rotatable bonds is 3. The first-order chi connectivity index (χ1) is 9.81. The maximum Gasteiger partial charge on any atom is 0.0748 e. The van der Waals surface area contributed by atoms with Crippen molar-refractivity contribution in [1.29, 1.82) is 0 Å². The molecular formula is C17H21BrN2. The van der Waals surface area contributed by atoms with Crippen molar-refractivity contribution in [3.63, 3.8) is 0 Å². The van der Waals surface area contributed by atoms with Crippen molar-refractivity contribution in [3.05, 3.63) is 40.5 Å². The second-order valence-corrected chi connectivity index (χ2v) is 6.54. The van der Waals surface area contributed by atoms with Crippen LogP contribution in [0.5, 0.6) is 0 Å². The number of halogens is 1. The third-order valence-electron chi connectivity index (χ3n) is 4.41. The molecule has 3 rings (SSSR count). The Morgan fingerprint density at radius 1 is 1.35 bits per heavy atom. The quantitative estimate of drug-likeness (QED) is 0.895. The molecule has 20 heavy (non-hydrogen) atoms. The lowest BCUT2D eigenvalue weighted by Gasteiger charge is -2.33. The first kappa shape index (κ1) is 14.0. The van der Waals surface area contributed by atoms with E-state index in [0.717, 1.165) is 23.5 Å². The van der Waals surface area contributed by atoms with Crippen LogP contribution >= 0.6 is 15.9 Å². The molecule has 3 heteroatoms. The summed E-state index contributed by atoms with van der Waals surface area (Å²) >= 11 is 3.65.